The number of hydrogen-bond acceptors (Lipinski definition) is 3. The predicted octanol–water partition coefficient (Wildman–Crippen LogP) is 3.32. The maximum absolute atomic E-state index is 12.4. The zero-order chi connectivity index (χ0) is 19.0. The van der Waals surface area contributed by atoms with E-state index in [4.69, 9.17) is 23.2 Å². The monoisotopic (exact) mass is 395 g/mol. The summed E-state index contributed by atoms with van der Waals surface area (Å²) >= 11 is 12.0. The van der Waals surface area contributed by atoms with Crippen molar-refractivity contribution in [2.45, 2.75) is 39.2 Å². The highest BCUT2D eigenvalue weighted by molar-refractivity contribution is 6.42. The maximum atomic E-state index is 12.4. The molecule has 0 bridgehead atoms. The van der Waals surface area contributed by atoms with Crippen molar-refractivity contribution in [1.29, 1.82) is 0 Å². The Morgan fingerprint density at radius 1 is 1.31 bits per heavy atom. The zero-order valence-corrected chi connectivity index (χ0v) is 15.9. The van der Waals surface area contributed by atoms with Gasteiger partial charge in [-0.3, -0.25) is 4.79 Å². The van der Waals surface area contributed by atoms with E-state index in [0.29, 0.717) is 15.7 Å². The molecule has 0 radical (unpaired) electrons. The Balaban J connectivity index is 1.80. The van der Waals surface area contributed by atoms with Crippen molar-refractivity contribution in [3.8, 4) is 5.69 Å². The van der Waals surface area contributed by atoms with E-state index in [-0.39, 0.29) is 18.2 Å². The minimum absolute atomic E-state index is 0.0394. The number of aliphatic carboxylic acids is 1. The van der Waals surface area contributed by atoms with Crippen LogP contribution in [-0.4, -0.2) is 32.8 Å². The van der Waals surface area contributed by atoms with Gasteiger partial charge in [-0.25, -0.2) is 9.48 Å². The summed E-state index contributed by atoms with van der Waals surface area (Å²) in [5.41, 5.74) is 3.03. The largest absolute Gasteiger partial charge is 0.480 e. The number of benzene rings is 1. The topological polar surface area (TPSA) is 84.2 Å². The second-order valence-electron chi connectivity index (χ2n) is 6.56. The van der Waals surface area contributed by atoms with Gasteiger partial charge in [-0.1, -0.05) is 23.2 Å². The van der Waals surface area contributed by atoms with Gasteiger partial charge in [-0.15, -0.1) is 0 Å². The van der Waals surface area contributed by atoms with Gasteiger partial charge in [-0.2, -0.15) is 5.10 Å². The molecular formula is C18H19Cl2N3O3. The number of carbonyl (C=O) groups is 2. The summed E-state index contributed by atoms with van der Waals surface area (Å²) in [7, 11) is 0. The third-order valence-corrected chi connectivity index (χ3v) is 5.34. The summed E-state index contributed by atoms with van der Waals surface area (Å²) < 4.78 is 1.70. The van der Waals surface area contributed by atoms with Crippen LogP contribution in [0.4, 0.5) is 0 Å². The number of amides is 1. The first-order valence-corrected chi connectivity index (χ1v) is 9.06. The summed E-state index contributed by atoms with van der Waals surface area (Å²) in [6, 6.07) is 4.38. The molecule has 0 aliphatic heterocycles. The smallest absolute Gasteiger partial charge is 0.326 e. The molecule has 1 fully saturated rings. The lowest BCUT2D eigenvalue weighted by atomic mass is 10.1. The highest BCUT2D eigenvalue weighted by Crippen LogP contribution is 2.33. The number of aromatic nitrogens is 2. The van der Waals surface area contributed by atoms with Crippen LogP contribution in [0.3, 0.4) is 0 Å². The minimum Gasteiger partial charge on any atom is -0.480 e. The first-order valence-electron chi connectivity index (χ1n) is 8.30. The van der Waals surface area contributed by atoms with Crippen molar-refractivity contribution in [3.63, 3.8) is 0 Å². The third-order valence-electron chi connectivity index (χ3n) is 4.60. The van der Waals surface area contributed by atoms with Gasteiger partial charge in [0.1, 0.15) is 6.04 Å². The fraction of sp³-hybridized carbons (Fsp3) is 0.389. The fourth-order valence-electron chi connectivity index (χ4n) is 2.99. The molecule has 138 valence electrons. The molecule has 1 saturated carbocycles. The van der Waals surface area contributed by atoms with E-state index in [2.05, 4.69) is 10.4 Å². The van der Waals surface area contributed by atoms with Crippen LogP contribution >= 0.6 is 23.2 Å². The summed E-state index contributed by atoms with van der Waals surface area (Å²) in [4.78, 5) is 23.7. The number of halogens is 2. The number of nitrogens with one attached hydrogen (secondary N) is 1. The molecule has 8 heteroatoms. The van der Waals surface area contributed by atoms with Crippen LogP contribution in [0.1, 0.15) is 29.8 Å². The van der Waals surface area contributed by atoms with Gasteiger partial charge in [0.15, 0.2) is 0 Å². The Hall–Kier alpha value is -2.05. The number of carbonyl (C=O) groups excluding carboxylic acids is 1. The Labute approximate surface area is 161 Å². The molecule has 6 nitrogen and oxygen atoms in total. The van der Waals surface area contributed by atoms with Crippen molar-refractivity contribution < 1.29 is 14.7 Å². The molecule has 26 heavy (non-hydrogen) atoms. The van der Waals surface area contributed by atoms with Crippen LogP contribution in [0.15, 0.2) is 18.2 Å². The van der Waals surface area contributed by atoms with Crippen molar-refractivity contribution >= 4 is 35.1 Å². The molecule has 1 aromatic carbocycles. The molecule has 2 aromatic rings. The Bertz CT molecular complexity index is 875. The highest BCUT2D eigenvalue weighted by atomic mass is 35.5. The summed E-state index contributed by atoms with van der Waals surface area (Å²) in [6.45, 7) is 3.68. The molecule has 0 saturated heterocycles. The van der Waals surface area contributed by atoms with Crippen LogP contribution in [-0.2, 0) is 16.0 Å². The van der Waals surface area contributed by atoms with Crippen LogP contribution in [0.25, 0.3) is 5.69 Å². The normalized spacial score (nSPS) is 14.9. The van der Waals surface area contributed by atoms with Gasteiger partial charge in [-0.05, 0) is 50.8 Å². The van der Waals surface area contributed by atoms with E-state index >= 15 is 0 Å². The van der Waals surface area contributed by atoms with Crippen LogP contribution in [0.2, 0.25) is 10.0 Å². The molecule has 1 aliphatic rings. The lowest BCUT2D eigenvalue weighted by Crippen LogP contribution is -2.43. The van der Waals surface area contributed by atoms with E-state index in [1.54, 1.807) is 22.9 Å². The molecule has 1 amide bonds. The summed E-state index contributed by atoms with van der Waals surface area (Å²) in [6.07, 6.45) is 1.75. The number of carboxylic acids is 1. The van der Waals surface area contributed by atoms with E-state index in [1.165, 1.54) is 0 Å². The van der Waals surface area contributed by atoms with Gasteiger partial charge in [0.05, 0.1) is 27.8 Å². The molecule has 1 aliphatic carbocycles. The lowest BCUT2D eigenvalue weighted by Gasteiger charge is -2.13. The average Bonchev–Trinajstić information content (AvgIpc) is 3.37. The van der Waals surface area contributed by atoms with Crippen molar-refractivity contribution in [3.05, 3.63) is 45.2 Å². The molecule has 1 unspecified atom stereocenters. The third kappa shape index (κ3) is 3.86. The molecule has 1 atom stereocenters. The number of rotatable bonds is 6. The van der Waals surface area contributed by atoms with Crippen LogP contribution in [0, 0.1) is 19.8 Å². The number of carboxylic acid groups (broad SMARTS) is 1. The Morgan fingerprint density at radius 2 is 2.00 bits per heavy atom. The van der Waals surface area contributed by atoms with Gasteiger partial charge in [0.2, 0.25) is 5.91 Å². The molecule has 0 spiro atoms. The number of nitrogens with zero attached hydrogens (tertiary/aromatic N) is 2. The van der Waals surface area contributed by atoms with Crippen molar-refractivity contribution in [1.82, 2.24) is 15.1 Å². The maximum Gasteiger partial charge on any atom is 0.326 e. The zero-order valence-electron chi connectivity index (χ0n) is 14.4. The van der Waals surface area contributed by atoms with E-state index < -0.39 is 12.0 Å². The lowest BCUT2D eigenvalue weighted by molar-refractivity contribution is -0.142. The highest BCUT2D eigenvalue weighted by Gasteiger charge is 2.37. The first kappa shape index (κ1) is 18.7. The van der Waals surface area contributed by atoms with Gasteiger partial charge in [0, 0.05) is 11.3 Å². The second kappa shape index (κ2) is 7.29. The van der Waals surface area contributed by atoms with Gasteiger partial charge in [0.25, 0.3) is 0 Å². The fourth-order valence-corrected chi connectivity index (χ4v) is 3.29. The van der Waals surface area contributed by atoms with Crippen molar-refractivity contribution in [2.75, 3.05) is 0 Å². The molecule has 1 aromatic heterocycles. The molecule has 1 heterocycles. The summed E-state index contributed by atoms with van der Waals surface area (Å²) in [5, 5.41) is 17.2. The quantitative estimate of drug-likeness (QED) is 0.785. The van der Waals surface area contributed by atoms with Crippen LogP contribution < -0.4 is 5.32 Å². The minimum atomic E-state index is -0.985. The molecule has 3 rings (SSSR count). The average molecular weight is 396 g/mol. The van der Waals surface area contributed by atoms with Crippen LogP contribution in [0.5, 0.6) is 0 Å². The standard InChI is InChI=1S/C18H19Cl2N3O3/c1-9-13(8-16(24)21-17(18(25)26)11-3-4-11)10(2)23(22-9)12-5-6-14(19)15(20)7-12/h5-7,11,17H,3-4,8H2,1-2H3,(H,21,24)(H,25,26). The SMILES string of the molecule is Cc1nn(-c2ccc(Cl)c(Cl)c2)c(C)c1CC(=O)NC(C(=O)O)C1CC1. The van der Waals surface area contributed by atoms with E-state index in [1.807, 2.05) is 13.8 Å². The second-order valence-corrected chi connectivity index (χ2v) is 7.37. The Morgan fingerprint density at radius 3 is 2.58 bits per heavy atom. The van der Waals surface area contributed by atoms with Gasteiger partial charge < -0.3 is 10.4 Å². The number of hydrogen-bond donors (Lipinski definition) is 2. The molecular weight excluding hydrogens is 377 g/mol. The number of aryl methyl sites for hydroxylation is 1. The Kier molecular flexibility index (Phi) is 5.25. The predicted molar refractivity (Wildman–Crippen MR) is 99.1 cm³/mol. The van der Waals surface area contributed by atoms with E-state index in [0.717, 1.165) is 29.8 Å². The summed E-state index contributed by atoms with van der Waals surface area (Å²) in [5.74, 6) is -1.26. The first-order chi connectivity index (χ1) is 12.3. The van der Waals surface area contributed by atoms with Gasteiger partial charge >= 0.3 is 5.97 Å². The van der Waals surface area contributed by atoms with E-state index in [9.17, 15) is 14.7 Å². The van der Waals surface area contributed by atoms with Crippen molar-refractivity contribution in [2.24, 2.45) is 5.92 Å². The molecule has 2 N–H and O–H groups in total.